The molecule has 3 aromatic rings. The van der Waals surface area contributed by atoms with E-state index in [9.17, 15) is 0 Å². The van der Waals surface area contributed by atoms with Crippen LogP contribution in [-0.2, 0) is 49.3 Å². The van der Waals surface area contributed by atoms with Gasteiger partial charge in [0.05, 0.1) is 0 Å². The molecule has 0 radical (unpaired) electrons. The van der Waals surface area contributed by atoms with Gasteiger partial charge in [0.2, 0.25) is 0 Å². The van der Waals surface area contributed by atoms with Crippen LogP contribution < -0.4 is 0 Å². The molecule has 40 heavy (non-hydrogen) atoms. The van der Waals surface area contributed by atoms with Gasteiger partial charge in [0.15, 0.2) is 0 Å². The van der Waals surface area contributed by atoms with Crippen LogP contribution in [0.3, 0.4) is 0 Å². The fourth-order valence-electron chi connectivity index (χ4n) is 4.81. The number of fused-ring (bicyclic) bond motifs is 1. The zero-order valence-corrected chi connectivity index (χ0v) is 23.8. The van der Waals surface area contributed by atoms with Gasteiger partial charge in [-0.15, -0.1) is 0 Å². The van der Waals surface area contributed by atoms with Crippen molar-refractivity contribution in [2.45, 2.75) is 51.6 Å². The fourth-order valence-corrected chi connectivity index (χ4v) is 5.11. The molecular formula is C32H30CrO7. The van der Waals surface area contributed by atoms with Gasteiger partial charge in [0.25, 0.3) is 0 Å². The van der Waals surface area contributed by atoms with E-state index in [4.69, 9.17) is 32.4 Å². The van der Waals surface area contributed by atoms with Gasteiger partial charge in [0.1, 0.15) is 0 Å². The molecule has 1 aliphatic rings. The van der Waals surface area contributed by atoms with Crippen molar-refractivity contribution in [1.82, 2.24) is 0 Å². The summed E-state index contributed by atoms with van der Waals surface area (Å²) in [4.78, 5) is 0. The molecule has 0 bridgehead atoms. The molecule has 1 saturated carbocycles. The first-order valence-electron chi connectivity index (χ1n) is 11.9. The van der Waals surface area contributed by atoms with Gasteiger partial charge < -0.3 is 0 Å². The van der Waals surface area contributed by atoms with Crippen LogP contribution in [0.25, 0.3) is 16.8 Å². The third kappa shape index (κ3) is 11.9. The van der Waals surface area contributed by atoms with Gasteiger partial charge in [-0.25, -0.2) is 0 Å². The average Bonchev–Trinajstić information content (AvgIpc) is 3.55. The second kappa shape index (κ2) is 22.6. The van der Waals surface area contributed by atoms with E-state index < -0.39 is 0 Å². The zero-order chi connectivity index (χ0) is 31.1. The van der Waals surface area contributed by atoms with Crippen molar-refractivity contribution >= 4 is 21.4 Å². The minimum absolute atomic E-state index is 0.0276. The molecule has 4 rings (SSSR count). The van der Waals surface area contributed by atoms with Gasteiger partial charge in [-0.05, 0) is 0 Å². The second-order valence-electron chi connectivity index (χ2n) is 9.13. The molecule has 1 heterocycles. The van der Waals surface area contributed by atoms with Gasteiger partial charge in [-0.2, -0.15) is 0 Å². The molecule has 0 unspecified atom stereocenters. The summed E-state index contributed by atoms with van der Waals surface area (Å²) < 4.78 is 50.2. The molecule has 0 amide bonds. The predicted octanol–water partition coefficient (Wildman–Crippen LogP) is 6.73. The quantitative estimate of drug-likeness (QED) is 0.238. The van der Waals surface area contributed by atoms with Gasteiger partial charge >= 0.3 is 245 Å². The first-order chi connectivity index (χ1) is 19.4. The molecule has 0 N–H and O–H groups in total. The standard InChI is InChI=1S/C27H30O2.5CO.Cr/c1-20-12-15-25(26(18-20)29-17-7-11-24-10-6-16-28-24)27(2,3)23-14-13-21-8-4-5-9-22(21)19-23;5*1-2;/h4-11,13-14,16,19-20,25-26H,12,15,18H2,1-3H3;;;;;;/b11-7+;;;;;;/t20-,25-,26-;;;;;;/m1....../s1. The molecule has 0 spiro atoms. The Balaban J connectivity index is 0. The van der Waals surface area contributed by atoms with Crippen LogP contribution in [0.5, 0.6) is 0 Å². The van der Waals surface area contributed by atoms with Crippen LogP contribution in [-0.4, -0.2) is 10.7 Å². The van der Waals surface area contributed by atoms with Crippen LogP contribution in [0.2, 0.25) is 0 Å². The van der Waals surface area contributed by atoms with Crippen LogP contribution in [0.4, 0.5) is 0 Å². The molecule has 1 fully saturated rings. The summed E-state index contributed by atoms with van der Waals surface area (Å²) in [6.45, 7) is 29.6. The van der Waals surface area contributed by atoms with E-state index in [1.54, 1.807) is 6.26 Å². The molecule has 2 aromatic carbocycles. The molecule has 7 nitrogen and oxygen atoms in total. The third-order valence-electron chi connectivity index (χ3n) is 6.67. The van der Waals surface area contributed by atoms with Crippen molar-refractivity contribution in [1.29, 1.82) is 0 Å². The van der Waals surface area contributed by atoms with E-state index in [0.29, 0.717) is 11.8 Å². The van der Waals surface area contributed by atoms with E-state index >= 15 is 0 Å². The van der Waals surface area contributed by atoms with Gasteiger partial charge in [-0.3, -0.25) is 0 Å². The third-order valence-corrected chi connectivity index (χ3v) is 7.03. The Hall–Kier alpha value is -3.22. The van der Waals surface area contributed by atoms with Crippen molar-refractivity contribution in [2.24, 2.45) is 11.8 Å². The van der Waals surface area contributed by atoms with Crippen LogP contribution >= 0.6 is 0 Å². The summed E-state index contributed by atoms with van der Waals surface area (Å²) in [5, 5.41) is 2.60. The number of ether oxygens (including phenoxy) is 1. The van der Waals surface area contributed by atoms with Crippen molar-refractivity contribution in [3.63, 3.8) is 0 Å². The van der Waals surface area contributed by atoms with Crippen molar-refractivity contribution < 1.29 is 48.3 Å². The van der Waals surface area contributed by atoms with E-state index in [1.165, 1.54) is 29.2 Å². The Morgan fingerprint density at radius 1 is 0.875 bits per heavy atom. The second-order valence-corrected chi connectivity index (χ2v) is 9.76. The number of hydrogen-bond acceptors (Lipinski definition) is 2. The number of benzene rings is 2. The molecule has 1 aromatic heterocycles. The van der Waals surface area contributed by atoms with Crippen molar-refractivity contribution in [3.8, 4) is 0 Å². The Morgan fingerprint density at radius 2 is 1.48 bits per heavy atom. The number of hydrogen-bond donors (Lipinski definition) is 0. The van der Waals surface area contributed by atoms with Gasteiger partial charge in [-0.1, -0.05) is 0 Å². The zero-order valence-electron chi connectivity index (χ0n) is 22.5. The monoisotopic (exact) mass is 578 g/mol. The summed E-state index contributed by atoms with van der Waals surface area (Å²) >= 11 is 3.10. The number of furan rings is 1. The Kier molecular flexibility index (Phi) is 22.0. The van der Waals surface area contributed by atoms with E-state index in [2.05, 4.69) is 112 Å². The Morgan fingerprint density at radius 3 is 2.05 bits per heavy atom. The molecule has 3 atom stereocenters. The fraction of sp³-hybridized carbons (Fsp3) is 0.312. The van der Waals surface area contributed by atoms with E-state index in [-0.39, 0.29) is 11.5 Å². The first kappa shape index (κ1) is 38.9. The SMILES string of the molecule is C[C@@H]1CC[C@@H](C(C)(C)c2ccc3ccccc3c2)[C@H](O[C](=[Cr])/C=C/c2ccco2)C1.[C-]#[O+].[C-]#[O+].[C-]#[O+].[C-]#[O+].[C-]#[O+]. The van der Waals surface area contributed by atoms with E-state index in [0.717, 1.165) is 16.7 Å². The molecule has 0 aliphatic heterocycles. The topological polar surface area (TPSA) is 122 Å². The Bertz CT molecular complexity index is 1230. The molecule has 206 valence electrons. The summed E-state index contributed by atoms with van der Waals surface area (Å²) in [5.41, 5.74) is 1.42. The maximum atomic E-state index is 7.50. The number of rotatable bonds is 6. The van der Waals surface area contributed by atoms with Gasteiger partial charge in [0, 0.05) is 0 Å². The molecule has 1 aliphatic carbocycles. The minimum atomic E-state index is 0.0276. The average molecular weight is 579 g/mol. The summed E-state index contributed by atoms with van der Waals surface area (Å²) in [6, 6.07) is 19.4. The Labute approximate surface area is 244 Å². The van der Waals surface area contributed by atoms with Crippen molar-refractivity contribution in [3.05, 3.63) is 112 Å². The normalized spacial score (nSPS) is 17.2. The van der Waals surface area contributed by atoms with Crippen molar-refractivity contribution in [2.75, 3.05) is 0 Å². The molecular weight excluding hydrogens is 548 g/mol. The first-order valence-corrected chi connectivity index (χ1v) is 12.5. The van der Waals surface area contributed by atoms with Crippen LogP contribution in [0.1, 0.15) is 51.4 Å². The molecule has 8 heteroatoms. The maximum absolute atomic E-state index is 7.50. The van der Waals surface area contributed by atoms with E-state index in [1.807, 2.05) is 24.3 Å². The molecule has 0 saturated heterocycles. The summed E-state index contributed by atoms with van der Waals surface area (Å²) in [6.07, 6.45) is 9.31. The van der Waals surface area contributed by atoms with Crippen LogP contribution in [0, 0.1) is 45.1 Å². The summed E-state index contributed by atoms with van der Waals surface area (Å²) in [5.74, 6) is 1.96. The predicted molar refractivity (Wildman–Crippen MR) is 141 cm³/mol. The van der Waals surface area contributed by atoms with Crippen LogP contribution in [0.15, 0.2) is 71.4 Å². The summed E-state index contributed by atoms with van der Waals surface area (Å²) in [7, 11) is 0.